The molecule has 3 nitrogen and oxygen atoms in total. The molecule has 0 aromatic heterocycles. The average molecular weight is 313 g/mol. The van der Waals surface area contributed by atoms with E-state index in [0.717, 1.165) is 23.6 Å². The first-order valence-electron chi connectivity index (χ1n) is 7.67. The molecule has 1 aliphatic heterocycles. The fourth-order valence-electron chi connectivity index (χ4n) is 3.72. The van der Waals surface area contributed by atoms with Crippen molar-refractivity contribution in [1.29, 1.82) is 0 Å². The second kappa shape index (κ2) is 5.30. The number of rotatable bonds is 5. The Morgan fingerprint density at radius 1 is 1.55 bits per heavy atom. The van der Waals surface area contributed by atoms with Gasteiger partial charge in [-0.25, -0.2) is 0 Å². The van der Waals surface area contributed by atoms with Gasteiger partial charge in [-0.1, -0.05) is 38.9 Å². The van der Waals surface area contributed by atoms with E-state index >= 15 is 0 Å². The van der Waals surface area contributed by atoms with Crippen molar-refractivity contribution < 1.29 is 9.59 Å². The molecule has 1 amide bonds. The molecule has 5 heteroatoms. The van der Waals surface area contributed by atoms with E-state index in [2.05, 4.69) is 13.2 Å². The van der Waals surface area contributed by atoms with Gasteiger partial charge in [0.05, 0.1) is 0 Å². The summed E-state index contributed by atoms with van der Waals surface area (Å²) in [6.07, 6.45) is 4.32. The number of allylic oxidation sites excluding steroid dienone is 4. The van der Waals surface area contributed by atoms with E-state index in [1.54, 1.807) is 17.6 Å². The van der Waals surface area contributed by atoms with Crippen LogP contribution in [0.25, 0.3) is 0 Å². The number of likely N-dealkylation sites (tertiary alicyclic amines) is 1. The monoisotopic (exact) mass is 313 g/mol. The molecular formula is C17H20BNO2S. The van der Waals surface area contributed by atoms with Crippen LogP contribution < -0.4 is 0 Å². The lowest BCUT2D eigenvalue weighted by molar-refractivity contribution is -0.111. The number of ketones is 1. The summed E-state index contributed by atoms with van der Waals surface area (Å²) in [4.78, 5) is 27.8. The van der Waals surface area contributed by atoms with Gasteiger partial charge in [0.15, 0.2) is 11.6 Å². The van der Waals surface area contributed by atoms with Gasteiger partial charge in [0.2, 0.25) is 7.28 Å². The fraction of sp³-hybridized carbons (Fsp3) is 0.412. The topological polar surface area (TPSA) is 37.4 Å². The number of amides is 1. The van der Waals surface area contributed by atoms with Gasteiger partial charge in [-0.15, -0.1) is 11.8 Å². The van der Waals surface area contributed by atoms with E-state index in [0.29, 0.717) is 24.6 Å². The van der Waals surface area contributed by atoms with Crippen LogP contribution in [0.15, 0.2) is 46.9 Å². The second-order valence-corrected chi connectivity index (χ2v) is 7.58. The van der Waals surface area contributed by atoms with Crippen LogP contribution in [0.4, 0.5) is 4.79 Å². The molecule has 1 spiro atoms. The van der Waals surface area contributed by atoms with Crippen LogP contribution in [0.3, 0.4) is 0 Å². The van der Waals surface area contributed by atoms with Crippen LogP contribution in [0.2, 0.25) is 5.82 Å². The number of nitrogens with zero attached hydrogens (tertiary/aromatic N) is 1. The summed E-state index contributed by atoms with van der Waals surface area (Å²) >= 11 is 1.51. The molecule has 2 unspecified atom stereocenters. The minimum atomic E-state index is -0.136. The summed E-state index contributed by atoms with van der Waals surface area (Å²) in [5, 5.41) is 1.76. The molecule has 0 bridgehead atoms. The number of carbonyl (C=O) groups excluding carboxylic acids is 2. The Hall–Kier alpha value is -1.49. The molecule has 0 aromatic rings. The van der Waals surface area contributed by atoms with Crippen molar-refractivity contribution >= 4 is 30.6 Å². The van der Waals surface area contributed by atoms with Crippen LogP contribution in [0.5, 0.6) is 0 Å². The van der Waals surface area contributed by atoms with Gasteiger partial charge < -0.3 is 4.90 Å². The molecule has 1 saturated carbocycles. The molecule has 1 heterocycles. The summed E-state index contributed by atoms with van der Waals surface area (Å²) in [7, 11) is 0.524. The predicted octanol–water partition coefficient (Wildman–Crippen LogP) is 3.48. The number of hydrogen-bond donors (Lipinski definition) is 0. The maximum atomic E-state index is 12.5. The number of carbonyl (C=O) groups is 2. The van der Waals surface area contributed by atoms with E-state index in [1.165, 1.54) is 11.8 Å². The normalized spacial score (nSPS) is 29.0. The van der Waals surface area contributed by atoms with Gasteiger partial charge >= 0.3 is 0 Å². The van der Waals surface area contributed by atoms with Gasteiger partial charge in [-0.2, -0.15) is 0 Å². The SMILES string of the molecule is C=CSC1=C(C=C)C(=O)C=C2N(C(=O)BC(C)C)CC3CC213. The molecule has 0 N–H and O–H groups in total. The summed E-state index contributed by atoms with van der Waals surface area (Å²) < 4.78 is 0. The molecule has 0 aromatic carbocycles. The Morgan fingerprint density at radius 3 is 2.86 bits per heavy atom. The third-order valence-corrected chi connectivity index (χ3v) is 5.71. The van der Waals surface area contributed by atoms with Crippen molar-refractivity contribution in [3.63, 3.8) is 0 Å². The highest BCUT2D eigenvalue weighted by Crippen LogP contribution is 2.71. The molecule has 114 valence electrons. The van der Waals surface area contributed by atoms with Crippen molar-refractivity contribution in [3.05, 3.63) is 46.9 Å². The van der Waals surface area contributed by atoms with E-state index < -0.39 is 0 Å². The summed E-state index contributed by atoms with van der Waals surface area (Å²) in [6.45, 7) is 12.4. The smallest absolute Gasteiger partial charge is 0.237 e. The molecule has 1 saturated heterocycles. The first kappa shape index (κ1) is 15.4. The maximum absolute atomic E-state index is 12.5. The number of piperidine rings is 1. The standard InChI is InChI=1S/C17H20BNO2S/c1-5-12-13(20)7-14-17(15(12)22-6-2)8-11(17)9-19(14)16(21)18-10(3)4/h5-7,10-11,18H,1-2,8-9H2,3-4H3. The maximum Gasteiger partial charge on any atom is 0.237 e. The Morgan fingerprint density at radius 2 is 2.27 bits per heavy atom. The number of hydrogen-bond acceptors (Lipinski definition) is 3. The zero-order chi connectivity index (χ0) is 16.1. The Bertz CT molecular complexity index is 649. The molecular weight excluding hydrogens is 293 g/mol. The zero-order valence-electron chi connectivity index (χ0n) is 13.1. The van der Waals surface area contributed by atoms with Gasteiger partial charge in [0.1, 0.15) is 0 Å². The fourth-order valence-corrected chi connectivity index (χ4v) is 4.76. The zero-order valence-corrected chi connectivity index (χ0v) is 13.9. The largest absolute Gasteiger partial charge is 0.324 e. The molecule has 2 aliphatic carbocycles. The molecule has 0 radical (unpaired) electrons. The highest BCUT2D eigenvalue weighted by Gasteiger charge is 2.67. The third kappa shape index (κ3) is 2.06. The predicted molar refractivity (Wildman–Crippen MR) is 93.0 cm³/mol. The lowest BCUT2D eigenvalue weighted by atomic mass is 9.65. The van der Waals surface area contributed by atoms with Gasteiger partial charge in [-0.05, 0) is 17.7 Å². The average Bonchev–Trinajstić information content (AvgIpc) is 3.07. The van der Waals surface area contributed by atoms with Crippen molar-refractivity contribution in [2.45, 2.75) is 26.1 Å². The first-order chi connectivity index (χ1) is 10.5. The van der Waals surface area contributed by atoms with Gasteiger partial charge in [0.25, 0.3) is 0 Å². The molecule has 2 fully saturated rings. The lowest BCUT2D eigenvalue weighted by Gasteiger charge is -2.30. The Labute approximate surface area is 136 Å². The van der Waals surface area contributed by atoms with E-state index in [9.17, 15) is 9.59 Å². The van der Waals surface area contributed by atoms with Crippen LogP contribution in [0, 0.1) is 11.3 Å². The lowest BCUT2D eigenvalue weighted by Crippen LogP contribution is -2.35. The molecule has 3 aliphatic rings. The third-order valence-electron chi connectivity index (χ3n) is 4.73. The van der Waals surface area contributed by atoms with Crippen LogP contribution in [-0.2, 0) is 4.79 Å². The van der Waals surface area contributed by atoms with E-state index in [1.807, 2.05) is 18.7 Å². The minimum absolute atomic E-state index is 0.0464. The molecule has 3 rings (SSSR count). The quantitative estimate of drug-likeness (QED) is 0.729. The van der Waals surface area contributed by atoms with Crippen molar-refractivity contribution in [2.24, 2.45) is 11.3 Å². The molecule has 2 atom stereocenters. The molecule has 22 heavy (non-hydrogen) atoms. The van der Waals surface area contributed by atoms with Crippen LogP contribution >= 0.6 is 11.8 Å². The summed E-state index contributed by atoms with van der Waals surface area (Å²) in [6, 6.07) is 0. The van der Waals surface area contributed by atoms with Crippen molar-refractivity contribution in [1.82, 2.24) is 4.90 Å². The van der Waals surface area contributed by atoms with Crippen LogP contribution in [-0.4, -0.2) is 30.3 Å². The first-order valence-corrected chi connectivity index (χ1v) is 8.55. The minimum Gasteiger partial charge on any atom is -0.324 e. The van der Waals surface area contributed by atoms with E-state index in [4.69, 9.17) is 0 Å². The second-order valence-electron chi connectivity index (χ2n) is 6.60. The Balaban J connectivity index is 1.99. The highest BCUT2D eigenvalue weighted by molar-refractivity contribution is 8.05. The Kier molecular flexibility index (Phi) is 3.72. The van der Waals surface area contributed by atoms with Gasteiger partial charge in [0, 0.05) is 34.2 Å². The number of thioether (sulfide) groups is 1. The summed E-state index contributed by atoms with van der Waals surface area (Å²) in [5.41, 5.74) is 1.44. The van der Waals surface area contributed by atoms with Crippen molar-refractivity contribution in [2.75, 3.05) is 6.54 Å². The van der Waals surface area contributed by atoms with E-state index in [-0.39, 0.29) is 17.0 Å². The summed E-state index contributed by atoms with van der Waals surface area (Å²) in [5.74, 6) is 0.836. The van der Waals surface area contributed by atoms with Crippen molar-refractivity contribution in [3.8, 4) is 0 Å². The highest BCUT2D eigenvalue weighted by atomic mass is 32.2. The van der Waals surface area contributed by atoms with Gasteiger partial charge in [-0.3, -0.25) is 9.59 Å². The van der Waals surface area contributed by atoms with Crippen LogP contribution in [0.1, 0.15) is 20.3 Å².